The van der Waals surface area contributed by atoms with Gasteiger partial charge in [0.1, 0.15) is 5.75 Å². The number of carbonyl (C=O) groups is 1. The lowest BCUT2D eigenvalue weighted by atomic mass is 9.58. The lowest BCUT2D eigenvalue weighted by molar-refractivity contribution is -0.207. The van der Waals surface area contributed by atoms with Gasteiger partial charge in [-0.05, 0) is 44.4 Å². The van der Waals surface area contributed by atoms with Gasteiger partial charge in [-0.2, -0.15) is 0 Å². The Morgan fingerprint density at radius 3 is 2.67 bits per heavy atom. The van der Waals surface area contributed by atoms with Crippen molar-refractivity contribution < 1.29 is 19.4 Å². The third kappa shape index (κ3) is 2.80. The van der Waals surface area contributed by atoms with Gasteiger partial charge in [0, 0.05) is 31.5 Å². The molecule has 0 radical (unpaired) electrons. The van der Waals surface area contributed by atoms with Crippen molar-refractivity contribution in [2.24, 2.45) is 5.41 Å². The summed E-state index contributed by atoms with van der Waals surface area (Å²) in [6, 6.07) is 5.66. The number of hydrogen-bond acceptors (Lipinski definition) is 4. The number of nitrogens with zero attached hydrogens (tertiary/aromatic N) is 1. The fourth-order valence-corrected chi connectivity index (χ4v) is 4.09. The number of aliphatic hydroxyl groups is 1. The van der Waals surface area contributed by atoms with Gasteiger partial charge in [-0.3, -0.25) is 4.79 Å². The van der Waals surface area contributed by atoms with Gasteiger partial charge < -0.3 is 19.5 Å². The predicted octanol–water partition coefficient (Wildman–Crippen LogP) is 2.40. The molecular formula is C19H27NO4. The van der Waals surface area contributed by atoms with E-state index >= 15 is 0 Å². The average molecular weight is 333 g/mol. The Balaban J connectivity index is 1.70. The molecule has 1 spiro atoms. The minimum absolute atomic E-state index is 0.00322. The van der Waals surface area contributed by atoms with Crippen LogP contribution >= 0.6 is 0 Å². The molecule has 5 nitrogen and oxygen atoms in total. The summed E-state index contributed by atoms with van der Waals surface area (Å²) in [6.45, 7) is 5.93. The first-order valence-corrected chi connectivity index (χ1v) is 8.75. The molecule has 1 saturated heterocycles. The zero-order valence-corrected chi connectivity index (χ0v) is 14.7. The molecule has 1 heterocycles. The van der Waals surface area contributed by atoms with Crippen LogP contribution in [0, 0.1) is 12.3 Å². The summed E-state index contributed by atoms with van der Waals surface area (Å²) >= 11 is 0. The van der Waals surface area contributed by atoms with Crippen molar-refractivity contribution in [1.29, 1.82) is 0 Å². The maximum absolute atomic E-state index is 12.8. The van der Waals surface area contributed by atoms with E-state index in [1.54, 1.807) is 7.11 Å². The third-order valence-electron chi connectivity index (χ3n) is 5.68. The monoisotopic (exact) mass is 333 g/mol. The largest absolute Gasteiger partial charge is 0.496 e. The second-order valence-corrected chi connectivity index (χ2v) is 6.92. The number of carbonyl (C=O) groups excluding carboxylic acids is 1. The standard InChI is InChI=1S/C19H27NO4/c1-4-24-17-12-16(21)19(17)7-9-20(10-8-19)18(22)14-6-5-13(2)11-15(14)23-3/h5-6,11,16-17,21H,4,7-10,12H2,1-3H3/t16-,17+/m1/s1. The molecule has 0 aromatic heterocycles. The van der Waals surface area contributed by atoms with Crippen LogP contribution in [-0.4, -0.2) is 54.9 Å². The minimum Gasteiger partial charge on any atom is -0.496 e. The average Bonchev–Trinajstić information content (AvgIpc) is 2.61. The van der Waals surface area contributed by atoms with Gasteiger partial charge in [0.15, 0.2) is 0 Å². The van der Waals surface area contributed by atoms with E-state index in [-0.39, 0.29) is 23.5 Å². The summed E-state index contributed by atoms with van der Waals surface area (Å²) in [5, 5.41) is 10.3. The smallest absolute Gasteiger partial charge is 0.257 e. The Morgan fingerprint density at radius 1 is 1.38 bits per heavy atom. The Bertz CT molecular complexity index is 605. The van der Waals surface area contributed by atoms with Gasteiger partial charge >= 0.3 is 0 Å². The van der Waals surface area contributed by atoms with E-state index in [1.165, 1.54) is 0 Å². The zero-order chi connectivity index (χ0) is 17.3. The van der Waals surface area contributed by atoms with E-state index in [4.69, 9.17) is 9.47 Å². The van der Waals surface area contributed by atoms with Crippen molar-refractivity contribution in [3.8, 4) is 5.75 Å². The summed E-state index contributed by atoms with van der Waals surface area (Å²) in [5.74, 6) is 0.625. The molecule has 2 aliphatic rings. The van der Waals surface area contributed by atoms with Crippen LogP contribution in [0.3, 0.4) is 0 Å². The van der Waals surface area contributed by atoms with Crippen LogP contribution in [0.15, 0.2) is 18.2 Å². The maximum Gasteiger partial charge on any atom is 0.257 e. The van der Waals surface area contributed by atoms with Crippen LogP contribution in [0.5, 0.6) is 5.75 Å². The molecule has 5 heteroatoms. The summed E-state index contributed by atoms with van der Waals surface area (Å²) in [4.78, 5) is 14.7. The van der Waals surface area contributed by atoms with Crippen molar-refractivity contribution >= 4 is 5.91 Å². The molecule has 3 rings (SSSR count). The first-order chi connectivity index (χ1) is 11.5. The number of rotatable bonds is 4. The second kappa shape index (κ2) is 6.73. The molecule has 1 aliphatic carbocycles. The SMILES string of the molecule is CCO[C@H]1C[C@@H](O)C12CCN(C(=O)c1ccc(C)cc1OC)CC2. The normalized spacial score (nSPS) is 25.4. The Labute approximate surface area is 143 Å². The van der Waals surface area contributed by atoms with E-state index in [9.17, 15) is 9.90 Å². The van der Waals surface area contributed by atoms with E-state index in [2.05, 4.69) is 0 Å². The number of aryl methyl sites for hydroxylation is 1. The number of likely N-dealkylation sites (tertiary alicyclic amines) is 1. The molecule has 1 aromatic rings. The van der Waals surface area contributed by atoms with Crippen LogP contribution in [0.4, 0.5) is 0 Å². The molecule has 1 aromatic carbocycles. The van der Waals surface area contributed by atoms with Gasteiger partial charge in [0.25, 0.3) is 5.91 Å². The van der Waals surface area contributed by atoms with Crippen LogP contribution in [0.2, 0.25) is 0 Å². The Morgan fingerprint density at radius 2 is 2.08 bits per heavy atom. The van der Waals surface area contributed by atoms with Crippen molar-refractivity contribution in [2.75, 3.05) is 26.8 Å². The minimum atomic E-state index is -0.305. The second-order valence-electron chi connectivity index (χ2n) is 6.92. The first kappa shape index (κ1) is 17.2. The van der Waals surface area contributed by atoms with E-state index in [0.717, 1.165) is 18.4 Å². The number of piperidine rings is 1. The zero-order valence-electron chi connectivity index (χ0n) is 14.7. The highest BCUT2D eigenvalue weighted by atomic mass is 16.5. The summed E-state index contributed by atoms with van der Waals surface area (Å²) in [5.41, 5.74) is 1.51. The lowest BCUT2D eigenvalue weighted by Gasteiger charge is -2.56. The van der Waals surface area contributed by atoms with Crippen LogP contribution < -0.4 is 4.74 Å². The van der Waals surface area contributed by atoms with Gasteiger partial charge in [-0.25, -0.2) is 0 Å². The molecule has 24 heavy (non-hydrogen) atoms. The lowest BCUT2D eigenvalue weighted by Crippen LogP contribution is -2.62. The molecular weight excluding hydrogens is 306 g/mol. The highest BCUT2D eigenvalue weighted by Crippen LogP contribution is 2.51. The molecule has 0 unspecified atom stereocenters. The van der Waals surface area contributed by atoms with E-state index < -0.39 is 0 Å². The topological polar surface area (TPSA) is 59.0 Å². The first-order valence-electron chi connectivity index (χ1n) is 8.75. The van der Waals surface area contributed by atoms with Crippen molar-refractivity contribution in [3.63, 3.8) is 0 Å². The summed E-state index contributed by atoms with van der Waals surface area (Å²) in [6.07, 6.45) is 2.12. The highest BCUT2D eigenvalue weighted by Gasteiger charge is 2.56. The van der Waals surface area contributed by atoms with Crippen molar-refractivity contribution in [1.82, 2.24) is 4.90 Å². The molecule has 0 bridgehead atoms. The van der Waals surface area contributed by atoms with Crippen molar-refractivity contribution in [3.05, 3.63) is 29.3 Å². The fraction of sp³-hybridized carbons (Fsp3) is 0.632. The molecule has 2 fully saturated rings. The Hall–Kier alpha value is -1.59. The van der Waals surface area contributed by atoms with E-state index in [1.807, 2.05) is 36.9 Å². The number of benzene rings is 1. The summed E-state index contributed by atoms with van der Waals surface area (Å²) < 4.78 is 11.2. The van der Waals surface area contributed by atoms with Gasteiger partial charge in [-0.15, -0.1) is 0 Å². The third-order valence-corrected chi connectivity index (χ3v) is 5.68. The molecule has 1 saturated carbocycles. The fourth-order valence-electron chi connectivity index (χ4n) is 4.09. The van der Waals surface area contributed by atoms with Gasteiger partial charge in [0.2, 0.25) is 0 Å². The molecule has 1 aliphatic heterocycles. The highest BCUT2D eigenvalue weighted by molar-refractivity contribution is 5.97. The quantitative estimate of drug-likeness (QED) is 0.919. The Kier molecular flexibility index (Phi) is 4.83. The number of ether oxygens (including phenoxy) is 2. The molecule has 1 N–H and O–H groups in total. The summed E-state index contributed by atoms with van der Waals surface area (Å²) in [7, 11) is 1.59. The molecule has 2 atom stereocenters. The number of amides is 1. The van der Waals surface area contributed by atoms with Crippen LogP contribution in [-0.2, 0) is 4.74 Å². The van der Waals surface area contributed by atoms with E-state index in [0.29, 0.717) is 37.4 Å². The maximum atomic E-state index is 12.8. The number of hydrogen-bond donors (Lipinski definition) is 1. The number of aliphatic hydroxyl groups excluding tert-OH is 1. The number of methoxy groups -OCH3 is 1. The van der Waals surface area contributed by atoms with Crippen molar-refractivity contribution in [2.45, 2.75) is 45.3 Å². The molecule has 132 valence electrons. The predicted molar refractivity (Wildman–Crippen MR) is 91.3 cm³/mol. The van der Waals surface area contributed by atoms with Crippen LogP contribution in [0.25, 0.3) is 0 Å². The molecule has 1 amide bonds. The van der Waals surface area contributed by atoms with Gasteiger partial charge in [-0.1, -0.05) is 6.07 Å². The van der Waals surface area contributed by atoms with Gasteiger partial charge in [0.05, 0.1) is 24.9 Å². The van der Waals surface area contributed by atoms with Crippen LogP contribution in [0.1, 0.15) is 42.1 Å².